The van der Waals surface area contributed by atoms with Crippen molar-refractivity contribution in [1.82, 2.24) is 14.7 Å². The number of ether oxygens (including phenoxy) is 1. The number of benzene rings is 1. The van der Waals surface area contributed by atoms with Gasteiger partial charge in [0, 0.05) is 24.6 Å². The van der Waals surface area contributed by atoms with Crippen LogP contribution in [0.15, 0.2) is 41.2 Å². The van der Waals surface area contributed by atoms with Crippen LogP contribution in [0.2, 0.25) is 0 Å². The van der Waals surface area contributed by atoms with Crippen molar-refractivity contribution in [2.45, 2.75) is 38.8 Å². The summed E-state index contributed by atoms with van der Waals surface area (Å²) in [6, 6.07) is 8.19. The van der Waals surface area contributed by atoms with E-state index in [4.69, 9.17) is 4.74 Å². The lowest BCUT2D eigenvalue weighted by molar-refractivity contribution is -0.0963. The third kappa shape index (κ3) is 3.16. The molecule has 0 N–H and O–H groups in total. The minimum atomic E-state index is -0.402. The molecule has 1 amide bonds. The topological polar surface area (TPSA) is 64.4 Å². The van der Waals surface area contributed by atoms with Gasteiger partial charge in [-0.2, -0.15) is 9.78 Å². The molecule has 2 aliphatic heterocycles. The number of likely N-dealkylation sites (tertiary alicyclic amines) is 1. The molecule has 2 saturated heterocycles. The molecule has 7 heteroatoms. The summed E-state index contributed by atoms with van der Waals surface area (Å²) in [7, 11) is 0. The summed E-state index contributed by atoms with van der Waals surface area (Å²) < 4.78 is 20.1. The summed E-state index contributed by atoms with van der Waals surface area (Å²) in [4.78, 5) is 27.0. The second kappa shape index (κ2) is 6.56. The summed E-state index contributed by atoms with van der Waals surface area (Å²) >= 11 is 0. The van der Waals surface area contributed by atoms with Gasteiger partial charge in [-0.05, 0) is 43.2 Å². The molecule has 3 heterocycles. The van der Waals surface area contributed by atoms with E-state index in [1.807, 2.05) is 0 Å². The Hall–Kier alpha value is -2.54. The molecule has 6 nitrogen and oxygen atoms in total. The van der Waals surface area contributed by atoms with Gasteiger partial charge in [0.2, 0.25) is 0 Å². The van der Waals surface area contributed by atoms with Gasteiger partial charge < -0.3 is 9.64 Å². The zero-order chi connectivity index (χ0) is 19.2. The third-order valence-electron chi connectivity index (χ3n) is 5.38. The van der Waals surface area contributed by atoms with Gasteiger partial charge in [-0.25, -0.2) is 4.39 Å². The first-order valence-corrected chi connectivity index (χ1v) is 9.16. The average molecular weight is 371 g/mol. The predicted octanol–water partition coefficient (Wildman–Crippen LogP) is 2.40. The van der Waals surface area contributed by atoms with Crippen LogP contribution in [0.25, 0.3) is 5.69 Å². The van der Waals surface area contributed by atoms with Crippen LogP contribution in [0.4, 0.5) is 4.39 Å². The second-order valence-corrected chi connectivity index (χ2v) is 7.86. The molecule has 0 radical (unpaired) electrons. The van der Waals surface area contributed by atoms with Crippen molar-refractivity contribution in [3.05, 3.63) is 58.3 Å². The van der Waals surface area contributed by atoms with Gasteiger partial charge in [0.25, 0.3) is 11.5 Å². The zero-order valence-electron chi connectivity index (χ0n) is 15.4. The Morgan fingerprint density at radius 1 is 1.22 bits per heavy atom. The van der Waals surface area contributed by atoms with Crippen LogP contribution in [0.1, 0.15) is 37.2 Å². The number of hydrogen-bond acceptors (Lipinski definition) is 4. The molecule has 0 spiro atoms. The maximum atomic E-state index is 13.2. The van der Waals surface area contributed by atoms with Gasteiger partial charge in [-0.1, -0.05) is 13.8 Å². The summed E-state index contributed by atoms with van der Waals surface area (Å²) in [5.74, 6) is -0.619. The molecule has 0 saturated carbocycles. The van der Waals surface area contributed by atoms with Crippen LogP contribution < -0.4 is 5.56 Å². The van der Waals surface area contributed by atoms with Crippen LogP contribution in [0, 0.1) is 11.2 Å². The minimum Gasteiger partial charge on any atom is -0.376 e. The molecule has 4 rings (SSSR count). The fourth-order valence-electron chi connectivity index (χ4n) is 4.13. The molecule has 2 atom stereocenters. The number of rotatable bonds is 3. The minimum absolute atomic E-state index is 0.000462. The van der Waals surface area contributed by atoms with E-state index in [1.165, 1.54) is 36.4 Å². The first-order valence-electron chi connectivity index (χ1n) is 9.16. The van der Waals surface area contributed by atoms with Crippen LogP contribution in [0.3, 0.4) is 0 Å². The molecule has 0 aliphatic carbocycles. The molecule has 2 aliphatic rings. The lowest BCUT2D eigenvalue weighted by atomic mass is 9.71. The Balaban J connectivity index is 1.63. The Morgan fingerprint density at radius 2 is 1.96 bits per heavy atom. The van der Waals surface area contributed by atoms with Crippen molar-refractivity contribution in [3.8, 4) is 5.69 Å². The van der Waals surface area contributed by atoms with E-state index >= 15 is 0 Å². The molecule has 1 aromatic carbocycles. The van der Waals surface area contributed by atoms with Gasteiger partial charge in [-0.15, -0.1) is 0 Å². The highest BCUT2D eigenvalue weighted by Gasteiger charge is 2.53. The number of carbonyl (C=O) groups excluding carboxylic acids is 1. The first kappa shape index (κ1) is 17.9. The SMILES string of the molecule is CC1(C)CN(C(=O)c2ccc(=O)n(-c3ccc(F)cc3)n2)C1C1CCCO1. The lowest BCUT2D eigenvalue weighted by Crippen LogP contribution is -2.68. The molecule has 27 heavy (non-hydrogen) atoms. The zero-order valence-corrected chi connectivity index (χ0v) is 15.4. The fraction of sp³-hybridized carbons (Fsp3) is 0.450. The van der Waals surface area contributed by atoms with Crippen LogP contribution >= 0.6 is 0 Å². The van der Waals surface area contributed by atoms with Crippen molar-refractivity contribution in [2.75, 3.05) is 13.2 Å². The third-order valence-corrected chi connectivity index (χ3v) is 5.38. The Bertz CT molecular complexity index is 917. The molecule has 2 aromatic rings. The number of amides is 1. The van der Waals surface area contributed by atoms with E-state index in [0.29, 0.717) is 12.2 Å². The molecule has 2 fully saturated rings. The fourth-order valence-corrected chi connectivity index (χ4v) is 4.13. The smallest absolute Gasteiger partial charge is 0.274 e. The van der Waals surface area contributed by atoms with Gasteiger partial charge >= 0.3 is 0 Å². The van der Waals surface area contributed by atoms with E-state index < -0.39 is 5.82 Å². The van der Waals surface area contributed by atoms with Crippen LogP contribution in [0.5, 0.6) is 0 Å². The highest BCUT2D eigenvalue weighted by Crippen LogP contribution is 2.42. The molecular formula is C20H22FN3O3. The van der Waals surface area contributed by atoms with E-state index in [0.717, 1.165) is 24.1 Å². The number of carbonyl (C=O) groups is 1. The van der Waals surface area contributed by atoms with E-state index in [-0.39, 0.29) is 34.7 Å². The largest absolute Gasteiger partial charge is 0.376 e. The Morgan fingerprint density at radius 3 is 2.59 bits per heavy atom. The van der Waals surface area contributed by atoms with Gasteiger partial charge in [0.15, 0.2) is 0 Å². The van der Waals surface area contributed by atoms with Gasteiger partial charge in [0.1, 0.15) is 11.5 Å². The van der Waals surface area contributed by atoms with Crippen molar-refractivity contribution in [1.29, 1.82) is 0 Å². The normalized spacial score (nSPS) is 23.9. The predicted molar refractivity (Wildman–Crippen MR) is 97.4 cm³/mol. The Labute approximate surface area is 156 Å². The summed E-state index contributed by atoms with van der Waals surface area (Å²) in [6.45, 7) is 5.62. The van der Waals surface area contributed by atoms with E-state index in [1.54, 1.807) is 4.90 Å². The molecule has 0 bridgehead atoms. The average Bonchev–Trinajstić information content (AvgIpc) is 3.14. The molecule has 2 unspecified atom stereocenters. The van der Waals surface area contributed by atoms with Crippen molar-refractivity contribution in [3.63, 3.8) is 0 Å². The van der Waals surface area contributed by atoms with Gasteiger partial charge in [-0.3, -0.25) is 9.59 Å². The summed E-state index contributed by atoms with van der Waals surface area (Å²) in [6.07, 6.45) is 1.99. The van der Waals surface area contributed by atoms with E-state index in [9.17, 15) is 14.0 Å². The Kier molecular flexibility index (Phi) is 4.34. The van der Waals surface area contributed by atoms with Crippen molar-refractivity contribution < 1.29 is 13.9 Å². The number of hydrogen-bond donors (Lipinski definition) is 0. The lowest BCUT2D eigenvalue weighted by Gasteiger charge is -2.56. The standard InChI is InChI=1S/C20H22FN3O3/c1-20(2)12-23(18(20)16-4-3-11-27-16)19(26)15-9-10-17(25)24(22-15)14-7-5-13(21)6-8-14/h5-10,16,18H,3-4,11-12H2,1-2H3. The quantitative estimate of drug-likeness (QED) is 0.831. The van der Waals surface area contributed by atoms with Gasteiger partial charge in [0.05, 0.1) is 17.8 Å². The summed E-state index contributed by atoms with van der Waals surface area (Å²) in [5, 5.41) is 4.23. The summed E-state index contributed by atoms with van der Waals surface area (Å²) in [5.41, 5.74) is 0.210. The molecule has 142 valence electrons. The highest BCUT2D eigenvalue weighted by atomic mass is 19.1. The number of halogens is 1. The van der Waals surface area contributed by atoms with E-state index in [2.05, 4.69) is 18.9 Å². The molecule has 1 aromatic heterocycles. The van der Waals surface area contributed by atoms with Crippen LogP contribution in [-0.2, 0) is 4.74 Å². The molecular weight excluding hydrogens is 349 g/mol. The van der Waals surface area contributed by atoms with Crippen LogP contribution in [-0.4, -0.2) is 45.9 Å². The number of aromatic nitrogens is 2. The first-order chi connectivity index (χ1) is 12.9. The van der Waals surface area contributed by atoms with Crippen molar-refractivity contribution >= 4 is 5.91 Å². The highest BCUT2D eigenvalue weighted by molar-refractivity contribution is 5.93. The second-order valence-electron chi connectivity index (χ2n) is 7.86. The monoisotopic (exact) mass is 371 g/mol. The van der Waals surface area contributed by atoms with Crippen molar-refractivity contribution in [2.24, 2.45) is 5.41 Å². The maximum Gasteiger partial charge on any atom is 0.274 e. The number of nitrogens with zero attached hydrogens (tertiary/aromatic N) is 3. The maximum absolute atomic E-state index is 13.2.